The van der Waals surface area contributed by atoms with Crippen LogP contribution in [0.2, 0.25) is 0 Å². The second-order valence-electron chi connectivity index (χ2n) is 8.69. The number of nitrogens with zero attached hydrogens (tertiary/aromatic N) is 2. The molecule has 0 amide bonds. The molecule has 0 radical (unpaired) electrons. The fourth-order valence-electron chi connectivity index (χ4n) is 4.02. The Morgan fingerprint density at radius 3 is 2.33 bits per heavy atom. The van der Waals surface area contributed by atoms with Crippen LogP contribution in [0.4, 0.5) is 5.69 Å². The molecule has 2 N–H and O–H groups in total. The van der Waals surface area contributed by atoms with Gasteiger partial charge < -0.3 is 19.7 Å². The predicted molar refractivity (Wildman–Crippen MR) is 134 cm³/mol. The number of carboxylic acids is 1. The van der Waals surface area contributed by atoms with E-state index in [9.17, 15) is 4.79 Å². The van der Waals surface area contributed by atoms with E-state index in [1.807, 2.05) is 21.0 Å². The number of benzene rings is 2. The molecule has 0 bridgehead atoms. The summed E-state index contributed by atoms with van der Waals surface area (Å²) in [7, 11) is 5.78. The van der Waals surface area contributed by atoms with Crippen LogP contribution in [0.25, 0.3) is 22.6 Å². The highest BCUT2D eigenvalue weighted by Gasteiger charge is 2.13. The zero-order valence-electron chi connectivity index (χ0n) is 20.1. The molecular formula is C27H35N3O3. The van der Waals surface area contributed by atoms with E-state index in [1.54, 1.807) is 7.11 Å². The van der Waals surface area contributed by atoms with Crippen molar-refractivity contribution in [1.29, 1.82) is 0 Å². The van der Waals surface area contributed by atoms with Gasteiger partial charge in [-0.3, -0.25) is 4.79 Å². The molecule has 6 nitrogen and oxygen atoms in total. The molecule has 3 rings (SSSR count). The molecule has 0 spiro atoms. The summed E-state index contributed by atoms with van der Waals surface area (Å²) in [5, 5.41) is 8.71. The van der Waals surface area contributed by atoms with E-state index in [4.69, 9.17) is 14.8 Å². The summed E-state index contributed by atoms with van der Waals surface area (Å²) in [5.74, 6) is 1.01. The minimum absolute atomic E-state index is 0.268. The average Bonchev–Trinajstić information content (AvgIpc) is 3.19. The first-order valence-corrected chi connectivity index (χ1v) is 11.6. The monoisotopic (exact) mass is 449 g/mol. The van der Waals surface area contributed by atoms with Gasteiger partial charge >= 0.3 is 5.97 Å². The van der Waals surface area contributed by atoms with Crippen LogP contribution in [0.3, 0.4) is 0 Å². The van der Waals surface area contributed by atoms with Gasteiger partial charge in [-0.15, -0.1) is 0 Å². The second kappa shape index (κ2) is 11.5. The molecule has 0 aliphatic carbocycles. The SMILES string of the molecule is COc1cc(-c2nc(-c3ccc(N(C)C)cc3)c(C)[nH]2)ccc1CCCCCCCC(=O)O. The van der Waals surface area contributed by atoms with Crippen LogP contribution < -0.4 is 9.64 Å². The van der Waals surface area contributed by atoms with Crippen molar-refractivity contribution in [3.05, 3.63) is 53.7 Å². The maximum atomic E-state index is 10.6. The quantitative estimate of drug-likeness (QED) is 0.327. The third-order valence-corrected chi connectivity index (χ3v) is 5.94. The number of unbranched alkanes of at least 4 members (excludes halogenated alkanes) is 4. The Morgan fingerprint density at radius 1 is 1.00 bits per heavy atom. The largest absolute Gasteiger partial charge is 0.496 e. The van der Waals surface area contributed by atoms with E-state index in [2.05, 4.69) is 52.3 Å². The fraction of sp³-hybridized carbons (Fsp3) is 0.407. The minimum atomic E-state index is -0.707. The molecule has 2 aromatic carbocycles. The number of nitrogens with one attached hydrogen (secondary N) is 1. The van der Waals surface area contributed by atoms with Crippen molar-refractivity contribution in [1.82, 2.24) is 9.97 Å². The van der Waals surface area contributed by atoms with E-state index in [1.165, 1.54) is 5.56 Å². The predicted octanol–water partition coefficient (Wildman–Crippen LogP) is 6.09. The van der Waals surface area contributed by atoms with Crippen LogP contribution in [0, 0.1) is 6.92 Å². The van der Waals surface area contributed by atoms with Crippen molar-refractivity contribution in [2.75, 3.05) is 26.1 Å². The molecule has 0 fully saturated rings. The molecular weight excluding hydrogens is 414 g/mol. The van der Waals surface area contributed by atoms with Crippen LogP contribution in [0.15, 0.2) is 42.5 Å². The summed E-state index contributed by atoms with van der Waals surface area (Å²) in [4.78, 5) is 21.0. The summed E-state index contributed by atoms with van der Waals surface area (Å²) in [6.07, 6.45) is 6.18. The van der Waals surface area contributed by atoms with E-state index in [0.29, 0.717) is 0 Å². The van der Waals surface area contributed by atoms with E-state index in [-0.39, 0.29) is 6.42 Å². The van der Waals surface area contributed by atoms with E-state index < -0.39 is 5.97 Å². The average molecular weight is 450 g/mol. The Hall–Kier alpha value is -3.28. The lowest BCUT2D eigenvalue weighted by molar-refractivity contribution is -0.137. The first-order valence-electron chi connectivity index (χ1n) is 11.6. The van der Waals surface area contributed by atoms with Crippen LogP contribution in [0.5, 0.6) is 5.75 Å². The molecule has 33 heavy (non-hydrogen) atoms. The van der Waals surface area contributed by atoms with Crippen molar-refractivity contribution in [3.63, 3.8) is 0 Å². The Balaban J connectivity index is 1.65. The maximum absolute atomic E-state index is 10.6. The normalized spacial score (nSPS) is 10.9. The number of rotatable bonds is 12. The molecule has 176 valence electrons. The number of ether oxygens (including phenoxy) is 1. The zero-order valence-corrected chi connectivity index (χ0v) is 20.1. The molecule has 0 saturated carbocycles. The van der Waals surface area contributed by atoms with Gasteiger partial charge in [-0.25, -0.2) is 4.98 Å². The van der Waals surface area contributed by atoms with Crippen LogP contribution in [0.1, 0.15) is 49.8 Å². The Morgan fingerprint density at radius 2 is 1.67 bits per heavy atom. The Bertz CT molecular complexity index is 1050. The highest BCUT2D eigenvalue weighted by Crippen LogP contribution is 2.31. The lowest BCUT2D eigenvalue weighted by atomic mass is 10.0. The lowest BCUT2D eigenvalue weighted by Crippen LogP contribution is -2.07. The standard InChI is InChI=1S/C27H35N3O3/c1-19-26(21-14-16-23(17-15-21)30(2)3)29-27(28-19)22-13-12-20(24(18-22)33-4)10-8-6-5-7-9-11-25(31)32/h12-18H,5-11H2,1-4H3,(H,28,29)(H,31,32). The highest BCUT2D eigenvalue weighted by molar-refractivity contribution is 5.70. The van der Waals surface area contributed by atoms with Gasteiger partial charge in [0.15, 0.2) is 0 Å². The van der Waals surface area contributed by atoms with Crippen LogP contribution in [-0.4, -0.2) is 42.2 Å². The molecule has 3 aromatic rings. The number of aliphatic carboxylic acids is 1. The molecule has 1 heterocycles. The van der Waals surface area contributed by atoms with Gasteiger partial charge in [0.1, 0.15) is 11.6 Å². The zero-order chi connectivity index (χ0) is 23.8. The van der Waals surface area contributed by atoms with Crippen molar-refractivity contribution in [2.45, 2.75) is 51.9 Å². The number of aryl methyl sites for hydroxylation is 2. The summed E-state index contributed by atoms with van der Waals surface area (Å²) in [6.45, 7) is 2.05. The highest BCUT2D eigenvalue weighted by atomic mass is 16.5. The van der Waals surface area contributed by atoms with E-state index >= 15 is 0 Å². The summed E-state index contributed by atoms with van der Waals surface area (Å²) in [5.41, 5.74) is 6.44. The molecule has 6 heteroatoms. The smallest absolute Gasteiger partial charge is 0.303 e. The number of hydrogen-bond donors (Lipinski definition) is 2. The van der Waals surface area contributed by atoms with Crippen LogP contribution in [-0.2, 0) is 11.2 Å². The third kappa shape index (κ3) is 6.60. The third-order valence-electron chi connectivity index (χ3n) is 5.94. The van der Waals surface area contributed by atoms with Gasteiger partial charge in [0, 0.05) is 43.0 Å². The van der Waals surface area contributed by atoms with Crippen molar-refractivity contribution in [2.24, 2.45) is 0 Å². The Kier molecular flexibility index (Phi) is 8.52. The first kappa shape index (κ1) is 24.4. The molecule has 0 aliphatic rings. The number of carboxylic acid groups (broad SMARTS) is 1. The molecule has 1 aromatic heterocycles. The number of hydrogen-bond acceptors (Lipinski definition) is 4. The van der Waals surface area contributed by atoms with Gasteiger partial charge in [-0.2, -0.15) is 0 Å². The van der Waals surface area contributed by atoms with Crippen molar-refractivity contribution < 1.29 is 14.6 Å². The molecule has 0 aliphatic heterocycles. The number of H-pyrrole nitrogens is 1. The summed E-state index contributed by atoms with van der Waals surface area (Å²) >= 11 is 0. The van der Waals surface area contributed by atoms with Gasteiger partial charge in [-0.05, 0) is 49.9 Å². The first-order chi connectivity index (χ1) is 15.9. The lowest BCUT2D eigenvalue weighted by Gasteiger charge is -2.12. The number of carbonyl (C=O) groups is 1. The number of aromatic amines is 1. The fourth-order valence-corrected chi connectivity index (χ4v) is 4.02. The molecule has 0 unspecified atom stereocenters. The van der Waals surface area contributed by atoms with Crippen molar-refractivity contribution >= 4 is 11.7 Å². The van der Waals surface area contributed by atoms with Gasteiger partial charge in [-0.1, -0.05) is 43.5 Å². The van der Waals surface area contributed by atoms with Gasteiger partial charge in [0.2, 0.25) is 0 Å². The van der Waals surface area contributed by atoms with Gasteiger partial charge in [0.05, 0.1) is 12.8 Å². The van der Waals surface area contributed by atoms with Gasteiger partial charge in [0.25, 0.3) is 0 Å². The molecule has 0 atom stereocenters. The number of imidazole rings is 1. The number of anilines is 1. The maximum Gasteiger partial charge on any atom is 0.303 e. The second-order valence-corrected chi connectivity index (χ2v) is 8.69. The Labute approximate surface area is 196 Å². The molecule has 0 saturated heterocycles. The van der Waals surface area contributed by atoms with Crippen LogP contribution >= 0.6 is 0 Å². The number of methoxy groups -OCH3 is 1. The minimum Gasteiger partial charge on any atom is -0.496 e. The topological polar surface area (TPSA) is 78.5 Å². The summed E-state index contributed by atoms with van der Waals surface area (Å²) in [6, 6.07) is 14.7. The number of aromatic nitrogens is 2. The van der Waals surface area contributed by atoms with Crippen molar-refractivity contribution in [3.8, 4) is 28.4 Å². The van der Waals surface area contributed by atoms with E-state index in [0.717, 1.165) is 78.3 Å². The summed E-state index contributed by atoms with van der Waals surface area (Å²) < 4.78 is 5.68.